The lowest BCUT2D eigenvalue weighted by atomic mass is 10.1. The summed E-state index contributed by atoms with van der Waals surface area (Å²) in [5, 5.41) is 12.1. The molecule has 2 aromatic carbocycles. The average Bonchev–Trinajstić information content (AvgIpc) is 2.64. The van der Waals surface area contributed by atoms with E-state index in [0.717, 1.165) is 5.75 Å². The Hall–Kier alpha value is -3.26. The van der Waals surface area contributed by atoms with Crippen molar-refractivity contribution in [3.63, 3.8) is 0 Å². The first-order valence-corrected chi connectivity index (χ1v) is 8.86. The van der Waals surface area contributed by atoms with Crippen LogP contribution >= 0.6 is 0 Å². The summed E-state index contributed by atoms with van der Waals surface area (Å²) in [4.78, 5) is 14.4. The van der Waals surface area contributed by atoms with Gasteiger partial charge in [-0.25, -0.2) is 0 Å². The van der Waals surface area contributed by atoms with Crippen molar-refractivity contribution < 1.29 is 9.53 Å². The van der Waals surface area contributed by atoms with Crippen LogP contribution in [0.3, 0.4) is 0 Å². The smallest absolute Gasteiger partial charge is 0.267 e. The fourth-order valence-corrected chi connectivity index (χ4v) is 2.48. The number of anilines is 1. The van der Waals surface area contributed by atoms with Crippen molar-refractivity contribution in [1.29, 1.82) is 5.26 Å². The molecule has 1 N–H and O–H groups in total. The molecule has 0 unspecified atom stereocenters. The van der Waals surface area contributed by atoms with Crippen LogP contribution in [0.25, 0.3) is 0 Å². The van der Waals surface area contributed by atoms with Gasteiger partial charge in [-0.15, -0.1) is 0 Å². The van der Waals surface area contributed by atoms with Crippen molar-refractivity contribution in [3.05, 3.63) is 66.4 Å². The van der Waals surface area contributed by atoms with Crippen molar-refractivity contribution in [2.75, 3.05) is 11.9 Å². The molecule has 0 atom stereocenters. The fraction of sp³-hybridized carbons (Fsp3) is 0.273. The van der Waals surface area contributed by atoms with Gasteiger partial charge in [0.2, 0.25) is 0 Å². The van der Waals surface area contributed by atoms with Gasteiger partial charge in [0.05, 0.1) is 0 Å². The van der Waals surface area contributed by atoms with Crippen LogP contribution in [-0.4, -0.2) is 22.9 Å². The lowest BCUT2D eigenvalue weighted by Crippen LogP contribution is -2.37. The Labute approximate surface area is 160 Å². The van der Waals surface area contributed by atoms with Crippen LogP contribution in [0.4, 0.5) is 5.69 Å². The second kappa shape index (κ2) is 8.91. The molecule has 1 amide bonds. The van der Waals surface area contributed by atoms with Gasteiger partial charge >= 0.3 is 0 Å². The molecule has 5 nitrogen and oxygen atoms in total. The molecule has 0 spiro atoms. The molecule has 0 heterocycles. The summed E-state index contributed by atoms with van der Waals surface area (Å²) in [6.45, 7) is 8.79. The highest BCUT2D eigenvalue weighted by Gasteiger charge is 2.19. The van der Waals surface area contributed by atoms with Crippen molar-refractivity contribution in [2.45, 2.75) is 33.2 Å². The molecule has 0 aliphatic heterocycles. The number of para-hydroxylation sites is 1. The van der Waals surface area contributed by atoms with Gasteiger partial charge in [-0.05, 0) is 64.1 Å². The average molecular weight is 363 g/mol. The molecule has 0 saturated carbocycles. The molecule has 0 aliphatic rings. The summed E-state index contributed by atoms with van der Waals surface area (Å²) >= 11 is 0. The summed E-state index contributed by atoms with van der Waals surface area (Å²) in [6, 6.07) is 18.5. The molecule has 0 fully saturated rings. The zero-order valence-electron chi connectivity index (χ0n) is 16.2. The van der Waals surface area contributed by atoms with Gasteiger partial charge in [0.25, 0.3) is 5.91 Å². The maximum absolute atomic E-state index is 12.4. The van der Waals surface area contributed by atoms with Crippen LogP contribution < -0.4 is 10.1 Å². The number of rotatable bonds is 6. The van der Waals surface area contributed by atoms with Crippen LogP contribution in [-0.2, 0) is 4.79 Å². The van der Waals surface area contributed by atoms with Gasteiger partial charge < -0.3 is 15.0 Å². The van der Waals surface area contributed by atoms with Crippen molar-refractivity contribution in [2.24, 2.45) is 0 Å². The van der Waals surface area contributed by atoms with E-state index in [-0.39, 0.29) is 11.1 Å². The molecular formula is C22H25N3O2. The number of nitrogens with zero attached hydrogens (tertiary/aromatic N) is 2. The largest absolute Gasteiger partial charge is 0.457 e. The second-order valence-corrected chi connectivity index (χ2v) is 7.01. The predicted molar refractivity (Wildman–Crippen MR) is 107 cm³/mol. The van der Waals surface area contributed by atoms with E-state index in [2.05, 4.69) is 5.32 Å². The molecule has 0 saturated heterocycles. The van der Waals surface area contributed by atoms with Crippen LogP contribution in [0.5, 0.6) is 11.5 Å². The Kier molecular flexibility index (Phi) is 6.62. The Morgan fingerprint density at radius 1 is 1.11 bits per heavy atom. The lowest BCUT2D eigenvalue weighted by molar-refractivity contribution is -0.112. The Morgan fingerprint density at radius 2 is 1.70 bits per heavy atom. The number of nitriles is 1. The van der Waals surface area contributed by atoms with E-state index >= 15 is 0 Å². The molecular weight excluding hydrogens is 338 g/mol. The molecule has 2 aromatic rings. The highest BCUT2D eigenvalue weighted by molar-refractivity contribution is 6.06. The normalized spacial score (nSPS) is 11.4. The van der Waals surface area contributed by atoms with Crippen LogP contribution in [0.2, 0.25) is 0 Å². The molecule has 27 heavy (non-hydrogen) atoms. The van der Waals surface area contributed by atoms with Gasteiger partial charge in [-0.3, -0.25) is 4.79 Å². The van der Waals surface area contributed by atoms with Crippen LogP contribution in [0.15, 0.2) is 66.4 Å². The van der Waals surface area contributed by atoms with Gasteiger partial charge in [0.1, 0.15) is 23.1 Å². The van der Waals surface area contributed by atoms with Crippen molar-refractivity contribution in [1.82, 2.24) is 4.90 Å². The molecule has 0 aliphatic carbocycles. The van der Waals surface area contributed by atoms with Crippen LogP contribution in [0, 0.1) is 11.3 Å². The molecule has 140 valence electrons. The number of hydrogen-bond acceptors (Lipinski definition) is 4. The minimum atomic E-state index is -0.433. The molecule has 0 aromatic heterocycles. The van der Waals surface area contributed by atoms with E-state index < -0.39 is 5.91 Å². The third-order valence-electron chi connectivity index (χ3n) is 3.94. The maximum atomic E-state index is 12.4. The number of nitrogens with one attached hydrogen (secondary N) is 1. The topological polar surface area (TPSA) is 65.4 Å². The fourth-order valence-electron chi connectivity index (χ4n) is 2.48. The molecule has 5 heteroatoms. The third-order valence-corrected chi connectivity index (χ3v) is 3.94. The van der Waals surface area contributed by atoms with Gasteiger partial charge in [0, 0.05) is 24.0 Å². The molecule has 0 bridgehead atoms. The lowest BCUT2D eigenvalue weighted by Gasteiger charge is -2.33. The number of hydrogen-bond donors (Lipinski definition) is 1. The first kappa shape index (κ1) is 20.1. The Bertz CT molecular complexity index is 829. The number of ether oxygens (including phenoxy) is 1. The SMILES string of the molecule is CCN(/C=C(/C#N)C(=O)Nc1ccc(Oc2ccccc2)cc1)C(C)(C)C. The quantitative estimate of drug-likeness (QED) is 0.583. The minimum absolute atomic E-state index is 0.0661. The van der Waals surface area contributed by atoms with Gasteiger partial charge in [-0.1, -0.05) is 18.2 Å². The molecule has 2 rings (SSSR count). The third kappa shape index (κ3) is 5.89. The van der Waals surface area contributed by atoms with E-state index in [9.17, 15) is 10.1 Å². The summed E-state index contributed by atoms with van der Waals surface area (Å²) < 4.78 is 5.73. The number of carbonyl (C=O) groups excluding carboxylic acids is 1. The Morgan fingerprint density at radius 3 is 2.22 bits per heavy atom. The summed E-state index contributed by atoms with van der Waals surface area (Å²) in [6.07, 6.45) is 1.61. The first-order chi connectivity index (χ1) is 12.8. The second-order valence-electron chi connectivity index (χ2n) is 7.01. The monoisotopic (exact) mass is 363 g/mol. The van der Waals surface area contributed by atoms with Crippen molar-refractivity contribution in [3.8, 4) is 17.6 Å². The zero-order chi connectivity index (χ0) is 19.9. The number of benzene rings is 2. The summed E-state index contributed by atoms with van der Waals surface area (Å²) in [5.41, 5.74) is 0.491. The summed E-state index contributed by atoms with van der Waals surface area (Å²) in [5.74, 6) is 0.975. The van der Waals surface area contributed by atoms with E-state index in [0.29, 0.717) is 18.0 Å². The Balaban J connectivity index is 2.07. The van der Waals surface area contributed by atoms with Crippen molar-refractivity contribution >= 4 is 11.6 Å². The number of amides is 1. The van der Waals surface area contributed by atoms with Crippen LogP contribution in [0.1, 0.15) is 27.7 Å². The standard InChI is InChI=1S/C22H25N3O2/c1-5-25(22(2,3)4)16-17(15-23)21(26)24-18-11-13-20(14-12-18)27-19-9-7-6-8-10-19/h6-14,16H,5H2,1-4H3,(H,24,26)/b17-16-. The summed E-state index contributed by atoms with van der Waals surface area (Å²) in [7, 11) is 0. The van der Waals surface area contributed by atoms with Gasteiger partial charge in [-0.2, -0.15) is 5.26 Å². The maximum Gasteiger partial charge on any atom is 0.267 e. The van der Waals surface area contributed by atoms with E-state index in [1.807, 2.05) is 69.0 Å². The zero-order valence-corrected chi connectivity index (χ0v) is 16.2. The highest BCUT2D eigenvalue weighted by atomic mass is 16.5. The van der Waals surface area contributed by atoms with E-state index in [1.165, 1.54) is 0 Å². The van der Waals surface area contributed by atoms with E-state index in [4.69, 9.17) is 4.74 Å². The molecule has 0 radical (unpaired) electrons. The first-order valence-electron chi connectivity index (χ1n) is 8.86. The van der Waals surface area contributed by atoms with Gasteiger partial charge in [0.15, 0.2) is 0 Å². The van der Waals surface area contributed by atoms with E-state index in [1.54, 1.807) is 30.5 Å². The predicted octanol–water partition coefficient (Wildman–Crippen LogP) is 4.95. The highest BCUT2D eigenvalue weighted by Crippen LogP contribution is 2.23. The number of carbonyl (C=O) groups is 1. The minimum Gasteiger partial charge on any atom is -0.457 e.